The van der Waals surface area contributed by atoms with Crippen molar-refractivity contribution in [1.29, 1.82) is 0 Å². The fourth-order valence-electron chi connectivity index (χ4n) is 4.58. The summed E-state index contributed by atoms with van der Waals surface area (Å²) in [6.07, 6.45) is 3.76. The molecule has 0 bridgehead atoms. The van der Waals surface area contributed by atoms with Crippen molar-refractivity contribution in [3.05, 3.63) is 77.0 Å². The van der Waals surface area contributed by atoms with Gasteiger partial charge in [-0.15, -0.1) is 0 Å². The summed E-state index contributed by atoms with van der Waals surface area (Å²) in [5.41, 5.74) is 6.56. The third kappa shape index (κ3) is 2.77. The molecule has 3 heterocycles. The van der Waals surface area contributed by atoms with Crippen LogP contribution in [0.1, 0.15) is 29.2 Å². The van der Waals surface area contributed by atoms with Gasteiger partial charge in [-0.25, -0.2) is 0 Å². The first-order chi connectivity index (χ1) is 14.0. The Hall–Kier alpha value is -3.34. The molecule has 0 spiro atoms. The molecule has 0 fully saturated rings. The van der Waals surface area contributed by atoms with Crippen molar-refractivity contribution < 1.29 is 9.59 Å². The van der Waals surface area contributed by atoms with Gasteiger partial charge < -0.3 is 4.90 Å². The van der Waals surface area contributed by atoms with Crippen LogP contribution in [-0.4, -0.2) is 35.7 Å². The second-order valence-corrected chi connectivity index (χ2v) is 7.81. The maximum absolute atomic E-state index is 13.6. The summed E-state index contributed by atoms with van der Waals surface area (Å²) in [5.74, 6) is -0.901. The molecule has 5 heteroatoms. The lowest BCUT2D eigenvalue weighted by molar-refractivity contribution is -0.124. The smallest absolute Gasteiger partial charge is 0.253 e. The van der Waals surface area contributed by atoms with E-state index in [2.05, 4.69) is 24.0 Å². The fraction of sp³-hybridized carbons (Fsp3) is 0.250. The number of nitrogens with zero attached hydrogens (tertiary/aromatic N) is 3. The second-order valence-electron chi connectivity index (χ2n) is 7.81. The van der Waals surface area contributed by atoms with E-state index < -0.39 is 12.0 Å². The van der Waals surface area contributed by atoms with Crippen molar-refractivity contribution in [2.75, 3.05) is 11.4 Å². The normalized spacial score (nSPS) is 22.9. The first kappa shape index (κ1) is 17.7. The largest absolute Gasteiger partial charge is 0.309 e. The maximum Gasteiger partial charge on any atom is 0.253 e. The Kier molecular flexibility index (Phi) is 4.05. The van der Waals surface area contributed by atoms with Gasteiger partial charge in [0, 0.05) is 35.7 Å². The van der Waals surface area contributed by atoms with Crippen molar-refractivity contribution in [2.45, 2.75) is 26.3 Å². The molecule has 3 aliphatic heterocycles. The van der Waals surface area contributed by atoms with Gasteiger partial charge in [-0.2, -0.15) is 0 Å². The Labute approximate surface area is 169 Å². The van der Waals surface area contributed by atoms with E-state index in [1.807, 2.05) is 35.2 Å². The predicted octanol–water partition coefficient (Wildman–Crippen LogP) is 3.28. The number of carbonyl (C=O) groups excluding carboxylic acids is 2. The third-order valence-electron chi connectivity index (χ3n) is 5.89. The van der Waals surface area contributed by atoms with Gasteiger partial charge in [0.25, 0.3) is 5.91 Å². The Morgan fingerprint density at radius 2 is 1.86 bits per heavy atom. The molecule has 0 saturated carbocycles. The van der Waals surface area contributed by atoms with Crippen LogP contribution in [0.5, 0.6) is 0 Å². The molecule has 0 aromatic heterocycles. The number of hydrogen-bond acceptors (Lipinski definition) is 4. The fourth-order valence-corrected chi connectivity index (χ4v) is 4.58. The molecular weight excluding hydrogens is 362 g/mol. The summed E-state index contributed by atoms with van der Waals surface area (Å²) in [6, 6.07) is 13.3. The van der Waals surface area contributed by atoms with Gasteiger partial charge in [-0.05, 0) is 31.9 Å². The van der Waals surface area contributed by atoms with E-state index in [9.17, 15) is 9.59 Å². The Balaban J connectivity index is 1.77. The van der Waals surface area contributed by atoms with Crippen LogP contribution in [0, 0.1) is 12.8 Å². The highest BCUT2D eigenvalue weighted by Gasteiger charge is 2.43. The van der Waals surface area contributed by atoms with Crippen molar-refractivity contribution in [3.63, 3.8) is 0 Å². The number of allylic oxidation sites excluding steroid dienone is 1. The molecule has 2 atom stereocenters. The van der Waals surface area contributed by atoms with Gasteiger partial charge in [0.05, 0.1) is 17.3 Å². The van der Waals surface area contributed by atoms with Crippen molar-refractivity contribution in [1.82, 2.24) is 0 Å². The number of ketones is 1. The Morgan fingerprint density at radius 1 is 1.07 bits per heavy atom. The maximum atomic E-state index is 13.6. The molecule has 0 N–H and O–H groups in total. The number of benzene rings is 2. The average Bonchev–Trinajstić information content (AvgIpc) is 3.08. The van der Waals surface area contributed by atoms with Crippen LogP contribution >= 0.6 is 0 Å². The summed E-state index contributed by atoms with van der Waals surface area (Å²) in [6.45, 7) is 4.48. The molecule has 5 rings (SSSR count). The van der Waals surface area contributed by atoms with E-state index in [4.69, 9.17) is 4.99 Å². The number of amides is 1. The van der Waals surface area contributed by atoms with E-state index in [1.54, 1.807) is 6.92 Å². The summed E-state index contributed by atoms with van der Waals surface area (Å²) in [4.78, 5) is 37.4. The molecule has 3 aliphatic rings. The molecule has 29 heavy (non-hydrogen) atoms. The first-order valence-electron chi connectivity index (χ1n) is 9.88. The first-order valence-corrected chi connectivity index (χ1v) is 9.88. The second kappa shape index (κ2) is 6.62. The molecule has 0 radical (unpaired) electrons. The lowest BCUT2D eigenvalue weighted by Gasteiger charge is -2.26. The lowest BCUT2D eigenvalue weighted by atomic mass is 9.88. The van der Waals surface area contributed by atoms with Crippen LogP contribution in [0.25, 0.3) is 0 Å². The molecule has 144 valence electrons. The van der Waals surface area contributed by atoms with Crippen molar-refractivity contribution in [3.8, 4) is 0 Å². The van der Waals surface area contributed by atoms with Gasteiger partial charge in [0.1, 0.15) is 6.04 Å². The highest BCUT2D eigenvalue weighted by molar-refractivity contribution is 6.23. The van der Waals surface area contributed by atoms with Crippen LogP contribution < -0.4 is 4.90 Å². The molecule has 0 saturated heterocycles. The minimum absolute atomic E-state index is 0.117. The summed E-state index contributed by atoms with van der Waals surface area (Å²) in [5, 5.41) is 0. The van der Waals surface area contributed by atoms with E-state index in [1.165, 1.54) is 12.3 Å². The molecule has 2 aromatic rings. The van der Waals surface area contributed by atoms with Crippen LogP contribution in [0.3, 0.4) is 0 Å². The summed E-state index contributed by atoms with van der Waals surface area (Å²) in [7, 11) is 0. The van der Waals surface area contributed by atoms with Crippen LogP contribution in [0.15, 0.2) is 64.7 Å². The lowest BCUT2D eigenvalue weighted by Crippen LogP contribution is -2.45. The van der Waals surface area contributed by atoms with E-state index in [-0.39, 0.29) is 11.7 Å². The van der Waals surface area contributed by atoms with Gasteiger partial charge in [-0.3, -0.25) is 19.6 Å². The Morgan fingerprint density at radius 3 is 2.62 bits per heavy atom. The average molecular weight is 383 g/mol. The van der Waals surface area contributed by atoms with Crippen LogP contribution in [0.2, 0.25) is 0 Å². The van der Waals surface area contributed by atoms with Crippen molar-refractivity contribution in [2.24, 2.45) is 15.9 Å². The molecule has 0 aliphatic carbocycles. The number of carbonyl (C=O) groups is 2. The van der Waals surface area contributed by atoms with Crippen molar-refractivity contribution >= 4 is 28.8 Å². The molecule has 5 nitrogen and oxygen atoms in total. The standard InChI is InChI=1S/C24H21N3O2/c1-14-12-17-9-11-27-23(17)18(13-14)21(16-6-4-3-5-7-16)26-22(24(27)29)20-15(2)25-10-8-19(20)28/h3-8,10,12-13,20,22H,9,11H2,1-2H3. The third-order valence-corrected chi connectivity index (χ3v) is 5.89. The zero-order chi connectivity index (χ0) is 20.1. The molecule has 1 amide bonds. The van der Waals surface area contributed by atoms with Crippen LogP contribution in [-0.2, 0) is 16.0 Å². The Bertz CT molecular complexity index is 1130. The monoisotopic (exact) mass is 383 g/mol. The number of aryl methyl sites for hydroxylation is 1. The van der Waals surface area contributed by atoms with E-state index in [0.29, 0.717) is 12.3 Å². The minimum atomic E-state index is -0.815. The minimum Gasteiger partial charge on any atom is -0.309 e. The quantitative estimate of drug-likeness (QED) is 0.799. The summed E-state index contributed by atoms with van der Waals surface area (Å²) < 4.78 is 0. The highest BCUT2D eigenvalue weighted by Crippen LogP contribution is 2.38. The topological polar surface area (TPSA) is 62.1 Å². The zero-order valence-electron chi connectivity index (χ0n) is 16.4. The number of aliphatic imine (C=N–C) groups is 2. The van der Waals surface area contributed by atoms with Crippen LogP contribution in [0.4, 0.5) is 5.69 Å². The number of anilines is 1. The zero-order valence-corrected chi connectivity index (χ0v) is 16.4. The predicted molar refractivity (Wildman–Crippen MR) is 114 cm³/mol. The van der Waals surface area contributed by atoms with E-state index >= 15 is 0 Å². The molecular formula is C24H21N3O2. The number of rotatable bonds is 2. The van der Waals surface area contributed by atoms with Gasteiger partial charge in [-0.1, -0.05) is 42.0 Å². The van der Waals surface area contributed by atoms with Gasteiger partial charge in [0.2, 0.25) is 0 Å². The van der Waals surface area contributed by atoms with Gasteiger partial charge >= 0.3 is 0 Å². The highest BCUT2D eigenvalue weighted by atomic mass is 16.2. The molecule has 2 unspecified atom stereocenters. The van der Waals surface area contributed by atoms with Gasteiger partial charge in [0.15, 0.2) is 5.78 Å². The SMILES string of the molecule is CC1=NC=CC(=O)C1C1N=C(c2ccccc2)c2cc(C)cc3c2N(CC3)C1=O. The number of hydrogen-bond donors (Lipinski definition) is 0. The summed E-state index contributed by atoms with van der Waals surface area (Å²) >= 11 is 0. The molecule has 2 aromatic carbocycles. The van der Waals surface area contributed by atoms with E-state index in [0.717, 1.165) is 40.1 Å².